The molecule has 1 aliphatic carbocycles. The minimum Gasteiger partial charge on any atom is -0.380 e. The maximum Gasteiger partial charge on any atom is 0.223 e. The zero-order valence-corrected chi connectivity index (χ0v) is 14.5. The van der Waals surface area contributed by atoms with Crippen molar-refractivity contribution in [1.82, 2.24) is 5.32 Å². The Hall–Kier alpha value is -0.620. The van der Waals surface area contributed by atoms with Gasteiger partial charge in [-0.2, -0.15) is 0 Å². The van der Waals surface area contributed by atoms with Gasteiger partial charge < -0.3 is 15.8 Å². The van der Waals surface area contributed by atoms with E-state index < -0.39 is 0 Å². The van der Waals surface area contributed by atoms with E-state index in [0.29, 0.717) is 13.0 Å². The lowest BCUT2D eigenvalue weighted by Gasteiger charge is -2.43. The number of halogens is 2. The van der Waals surface area contributed by atoms with Gasteiger partial charge in [-0.1, -0.05) is 28.1 Å². The number of benzene rings is 1. The lowest BCUT2D eigenvalue weighted by molar-refractivity contribution is -0.126. The highest BCUT2D eigenvalue weighted by Crippen LogP contribution is 2.41. The van der Waals surface area contributed by atoms with Crippen molar-refractivity contribution in [1.29, 1.82) is 0 Å². The molecule has 1 atom stereocenters. The van der Waals surface area contributed by atoms with Crippen LogP contribution < -0.4 is 11.1 Å². The first-order chi connectivity index (χ1) is 9.59. The molecular weight excluding hydrogens is 356 g/mol. The zero-order chi connectivity index (χ0) is 14.6. The van der Waals surface area contributed by atoms with Crippen molar-refractivity contribution in [2.75, 3.05) is 13.7 Å². The third-order valence-corrected chi connectivity index (χ3v) is 4.52. The molecule has 0 saturated heterocycles. The predicted molar refractivity (Wildman–Crippen MR) is 89.5 cm³/mol. The highest BCUT2D eigenvalue weighted by molar-refractivity contribution is 9.10. The van der Waals surface area contributed by atoms with Gasteiger partial charge in [-0.05, 0) is 37.0 Å². The third kappa shape index (κ3) is 4.42. The average molecular weight is 378 g/mol. The third-order valence-electron chi connectivity index (χ3n) is 3.99. The van der Waals surface area contributed by atoms with E-state index in [1.807, 2.05) is 12.1 Å². The standard InChI is InChI=1S/C15H21BrN2O2.ClH/c1-20-13(10-17)9-14(19)18-15(7-2-8-15)11-3-5-12(16)6-4-11;/h3-6,13H,2,7-10,17H2,1H3,(H,18,19);1H. The first-order valence-electron chi connectivity index (χ1n) is 6.89. The maximum absolute atomic E-state index is 12.2. The molecule has 1 aliphatic rings. The molecule has 0 aromatic heterocycles. The number of rotatable bonds is 6. The summed E-state index contributed by atoms with van der Waals surface area (Å²) in [5.74, 6) is 0.00455. The average Bonchev–Trinajstić information content (AvgIpc) is 2.41. The van der Waals surface area contributed by atoms with E-state index in [4.69, 9.17) is 10.5 Å². The van der Waals surface area contributed by atoms with Crippen LogP contribution in [0, 0.1) is 0 Å². The fraction of sp³-hybridized carbons (Fsp3) is 0.533. The zero-order valence-electron chi connectivity index (χ0n) is 12.1. The summed E-state index contributed by atoms with van der Waals surface area (Å²) in [7, 11) is 1.58. The SMILES string of the molecule is COC(CN)CC(=O)NC1(c2ccc(Br)cc2)CCC1.Cl. The normalized spacial score (nSPS) is 17.3. The summed E-state index contributed by atoms with van der Waals surface area (Å²) in [5.41, 5.74) is 6.52. The van der Waals surface area contributed by atoms with Crippen molar-refractivity contribution in [2.24, 2.45) is 5.73 Å². The number of carbonyl (C=O) groups excluding carboxylic acids is 1. The van der Waals surface area contributed by atoms with Crippen LogP contribution >= 0.6 is 28.3 Å². The number of nitrogens with one attached hydrogen (secondary N) is 1. The molecule has 0 bridgehead atoms. The largest absolute Gasteiger partial charge is 0.380 e. The van der Waals surface area contributed by atoms with Gasteiger partial charge in [0.05, 0.1) is 18.1 Å². The second kappa shape index (κ2) is 8.13. The molecule has 6 heteroatoms. The first kappa shape index (κ1) is 18.4. The van der Waals surface area contributed by atoms with E-state index in [1.54, 1.807) is 7.11 Å². The Morgan fingerprint density at radius 1 is 1.43 bits per heavy atom. The van der Waals surface area contributed by atoms with Gasteiger partial charge in [-0.25, -0.2) is 0 Å². The summed E-state index contributed by atoms with van der Waals surface area (Å²) in [6.07, 6.45) is 3.21. The Labute approximate surface area is 140 Å². The molecule has 0 radical (unpaired) electrons. The first-order valence-corrected chi connectivity index (χ1v) is 7.69. The molecule has 0 heterocycles. The molecule has 2 rings (SSSR count). The molecule has 21 heavy (non-hydrogen) atoms. The maximum atomic E-state index is 12.2. The van der Waals surface area contributed by atoms with E-state index in [9.17, 15) is 4.79 Å². The summed E-state index contributed by atoms with van der Waals surface area (Å²) in [6.45, 7) is 0.356. The summed E-state index contributed by atoms with van der Waals surface area (Å²) in [5, 5.41) is 3.17. The van der Waals surface area contributed by atoms with E-state index in [2.05, 4.69) is 33.4 Å². The monoisotopic (exact) mass is 376 g/mol. The van der Waals surface area contributed by atoms with Gasteiger partial charge in [0.25, 0.3) is 0 Å². The number of carbonyl (C=O) groups is 1. The van der Waals surface area contributed by atoms with Gasteiger partial charge in [-0.15, -0.1) is 12.4 Å². The Bertz CT molecular complexity index is 459. The van der Waals surface area contributed by atoms with Crippen LogP contribution in [0.2, 0.25) is 0 Å². The quantitative estimate of drug-likeness (QED) is 0.801. The van der Waals surface area contributed by atoms with E-state index >= 15 is 0 Å². The Balaban J connectivity index is 0.00000220. The van der Waals surface area contributed by atoms with Crippen LogP contribution in [0.5, 0.6) is 0 Å². The van der Waals surface area contributed by atoms with Crippen LogP contribution in [-0.4, -0.2) is 25.7 Å². The van der Waals surface area contributed by atoms with Gasteiger partial charge in [0, 0.05) is 18.1 Å². The number of hydrogen-bond donors (Lipinski definition) is 2. The van der Waals surface area contributed by atoms with Crippen LogP contribution in [0.1, 0.15) is 31.2 Å². The minimum atomic E-state index is -0.211. The van der Waals surface area contributed by atoms with Crippen LogP contribution in [0.15, 0.2) is 28.7 Å². The molecule has 1 aromatic rings. The molecule has 1 saturated carbocycles. The highest BCUT2D eigenvalue weighted by Gasteiger charge is 2.40. The molecule has 0 spiro atoms. The Kier molecular flexibility index (Phi) is 7.13. The number of hydrogen-bond acceptors (Lipinski definition) is 3. The van der Waals surface area contributed by atoms with E-state index in [-0.39, 0.29) is 30.0 Å². The van der Waals surface area contributed by atoms with Gasteiger partial charge in [-0.3, -0.25) is 4.79 Å². The molecule has 118 valence electrons. The molecule has 1 fully saturated rings. The molecule has 0 aliphatic heterocycles. The topological polar surface area (TPSA) is 64.3 Å². The smallest absolute Gasteiger partial charge is 0.223 e. The van der Waals surface area contributed by atoms with Gasteiger partial charge >= 0.3 is 0 Å². The minimum absolute atomic E-state index is 0. The number of nitrogens with two attached hydrogens (primary N) is 1. The van der Waals surface area contributed by atoms with Crippen molar-refractivity contribution in [3.8, 4) is 0 Å². The Morgan fingerprint density at radius 2 is 2.05 bits per heavy atom. The van der Waals surface area contributed by atoms with Gasteiger partial charge in [0.1, 0.15) is 0 Å². The van der Waals surface area contributed by atoms with Crippen molar-refractivity contribution in [2.45, 2.75) is 37.3 Å². The lowest BCUT2D eigenvalue weighted by Crippen LogP contribution is -2.51. The summed E-state index contributed by atoms with van der Waals surface area (Å²) in [4.78, 5) is 12.2. The number of ether oxygens (including phenoxy) is 1. The second-order valence-electron chi connectivity index (χ2n) is 5.29. The van der Waals surface area contributed by atoms with E-state index in [0.717, 1.165) is 23.7 Å². The highest BCUT2D eigenvalue weighted by atomic mass is 79.9. The number of methoxy groups -OCH3 is 1. The fourth-order valence-electron chi connectivity index (χ4n) is 2.57. The van der Waals surface area contributed by atoms with Crippen molar-refractivity contribution < 1.29 is 9.53 Å². The van der Waals surface area contributed by atoms with Gasteiger partial charge in [0.15, 0.2) is 0 Å². The molecule has 3 N–H and O–H groups in total. The second-order valence-corrected chi connectivity index (χ2v) is 6.20. The molecular formula is C15H22BrClN2O2. The van der Waals surface area contributed by atoms with Crippen LogP contribution in [0.4, 0.5) is 0 Å². The fourth-order valence-corrected chi connectivity index (χ4v) is 2.84. The molecule has 1 aromatic carbocycles. The van der Waals surface area contributed by atoms with Gasteiger partial charge in [0.2, 0.25) is 5.91 Å². The van der Waals surface area contributed by atoms with Crippen LogP contribution in [0.25, 0.3) is 0 Å². The summed E-state index contributed by atoms with van der Waals surface area (Å²) in [6, 6.07) is 8.17. The van der Waals surface area contributed by atoms with Crippen LogP contribution in [-0.2, 0) is 15.1 Å². The summed E-state index contributed by atoms with van der Waals surface area (Å²) >= 11 is 3.44. The summed E-state index contributed by atoms with van der Waals surface area (Å²) < 4.78 is 6.21. The van der Waals surface area contributed by atoms with Crippen molar-refractivity contribution >= 4 is 34.2 Å². The predicted octanol–water partition coefficient (Wildman–Crippen LogP) is 2.73. The van der Waals surface area contributed by atoms with Crippen molar-refractivity contribution in [3.05, 3.63) is 34.3 Å². The number of amides is 1. The van der Waals surface area contributed by atoms with Crippen molar-refractivity contribution in [3.63, 3.8) is 0 Å². The Morgan fingerprint density at radius 3 is 2.48 bits per heavy atom. The van der Waals surface area contributed by atoms with E-state index in [1.165, 1.54) is 5.56 Å². The molecule has 1 amide bonds. The lowest BCUT2D eigenvalue weighted by atomic mass is 9.71. The molecule has 1 unspecified atom stereocenters. The molecule has 4 nitrogen and oxygen atoms in total. The van der Waals surface area contributed by atoms with Crippen LogP contribution in [0.3, 0.4) is 0 Å².